The van der Waals surface area contributed by atoms with Crippen LogP contribution in [0.4, 0.5) is 11.4 Å². The summed E-state index contributed by atoms with van der Waals surface area (Å²) in [5, 5.41) is 6.46. The molecular formula is C29H29ClN2O4. The standard InChI is InChI=1S/C29H29ClN2O4/c1-3-36-28(34)17-16-27(33)31-18-8-11-21-10-5-7-13-26(21)32-22-14-15-24(25(30)19-22)29(35)23-12-6-4-9-20(23)2/h4-15,19,32H,3,16-18H2,1-2H3,(H,31,33)/b11-8+. The van der Waals surface area contributed by atoms with Crippen molar-refractivity contribution in [2.75, 3.05) is 18.5 Å². The third-order valence-corrected chi connectivity index (χ3v) is 5.73. The van der Waals surface area contributed by atoms with Crippen molar-refractivity contribution in [3.05, 3.63) is 100 Å². The van der Waals surface area contributed by atoms with Gasteiger partial charge in [-0.1, -0.05) is 66.2 Å². The van der Waals surface area contributed by atoms with Gasteiger partial charge in [0.15, 0.2) is 5.78 Å². The average molecular weight is 505 g/mol. The summed E-state index contributed by atoms with van der Waals surface area (Å²) in [6.45, 7) is 4.26. The molecule has 2 N–H and O–H groups in total. The number of nitrogens with one attached hydrogen (secondary N) is 2. The Morgan fingerprint density at radius 2 is 1.69 bits per heavy atom. The number of aryl methyl sites for hydroxylation is 1. The molecule has 1 amide bonds. The zero-order chi connectivity index (χ0) is 25.9. The number of para-hydroxylation sites is 1. The molecule has 0 saturated heterocycles. The van der Waals surface area contributed by atoms with Crippen LogP contribution < -0.4 is 10.6 Å². The Balaban J connectivity index is 1.62. The minimum atomic E-state index is -0.379. The van der Waals surface area contributed by atoms with Gasteiger partial charge < -0.3 is 15.4 Å². The topological polar surface area (TPSA) is 84.5 Å². The van der Waals surface area contributed by atoms with E-state index in [4.69, 9.17) is 16.3 Å². The second-order valence-corrected chi connectivity index (χ2v) is 8.47. The zero-order valence-corrected chi connectivity index (χ0v) is 21.1. The summed E-state index contributed by atoms with van der Waals surface area (Å²) in [4.78, 5) is 36.2. The van der Waals surface area contributed by atoms with Crippen LogP contribution in [0.3, 0.4) is 0 Å². The largest absolute Gasteiger partial charge is 0.466 e. The Hall–Kier alpha value is -3.90. The van der Waals surface area contributed by atoms with Gasteiger partial charge in [0.2, 0.25) is 5.91 Å². The van der Waals surface area contributed by atoms with E-state index in [1.807, 2.05) is 67.6 Å². The Morgan fingerprint density at radius 3 is 2.44 bits per heavy atom. The first-order valence-electron chi connectivity index (χ1n) is 11.7. The molecule has 0 aliphatic rings. The summed E-state index contributed by atoms with van der Waals surface area (Å²) < 4.78 is 4.82. The van der Waals surface area contributed by atoms with Crippen molar-refractivity contribution in [3.8, 4) is 0 Å². The molecule has 0 radical (unpaired) electrons. The van der Waals surface area contributed by atoms with E-state index in [0.717, 1.165) is 22.5 Å². The fourth-order valence-corrected chi connectivity index (χ4v) is 3.82. The second kappa shape index (κ2) is 13.3. The Labute approximate surface area is 216 Å². The van der Waals surface area contributed by atoms with Crippen molar-refractivity contribution in [1.29, 1.82) is 0 Å². The van der Waals surface area contributed by atoms with Crippen LogP contribution in [-0.2, 0) is 14.3 Å². The molecule has 0 heterocycles. The van der Waals surface area contributed by atoms with Crippen LogP contribution in [0.2, 0.25) is 5.02 Å². The first-order chi connectivity index (χ1) is 17.4. The van der Waals surface area contributed by atoms with Crippen LogP contribution in [-0.4, -0.2) is 30.8 Å². The summed E-state index contributed by atoms with van der Waals surface area (Å²) >= 11 is 6.48. The monoisotopic (exact) mass is 504 g/mol. The highest BCUT2D eigenvalue weighted by atomic mass is 35.5. The average Bonchev–Trinajstić information content (AvgIpc) is 2.86. The van der Waals surface area contributed by atoms with E-state index in [2.05, 4.69) is 10.6 Å². The van der Waals surface area contributed by atoms with E-state index >= 15 is 0 Å². The van der Waals surface area contributed by atoms with E-state index in [0.29, 0.717) is 29.3 Å². The third-order valence-electron chi connectivity index (χ3n) is 5.42. The molecule has 6 nitrogen and oxygen atoms in total. The number of ether oxygens (including phenoxy) is 1. The van der Waals surface area contributed by atoms with Crippen LogP contribution in [0.25, 0.3) is 6.08 Å². The molecule has 186 valence electrons. The lowest BCUT2D eigenvalue weighted by Crippen LogP contribution is -2.24. The number of hydrogen-bond acceptors (Lipinski definition) is 5. The number of anilines is 2. The minimum Gasteiger partial charge on any atom is -0.466 e. The molecule has 0 aromatic heterocycles. The van der Waals surface area contributed by atoms with Gasteiger partial charge in [0.1, 0.15) is 0 Å². The predicted octanol–water partition coefficient (Wildman–Crippen LogP) is 6.10. The van der Waals surface area contributed by atoms with Crippen molar-refractivity contribution in [2.24, 2.45) is 0 Å². The number of ketones is 1. The Bertz CT molecular complexity index is 1270. The lowest BCUT2D eigenvalue weighted by molar-refractivity contribution is -0.144. The lowest BCUT2D eigenvalue weighted by Gasteiger charge is -2.12. The summed E-state index contributed by atoms with van der Waals surface area (Å²) in [6, 6.07) is 20.4. The second-order valence-electron chi connectivity index (χ2n) is 8.06. The molecule has 3 aromatic carbocycles. The van der Waals surface area contributed by atoms with E-state index in [9.17, 15) is 14.4 Å². The fraction of sp³-hybridized carbons (Fsp3) is 0.207. The summed E-state index contributed by atoms with van der Waals surface area (Å²) in [7, 11) is 0. The van der Waals surface area contributed by atoms with Crippen molar-refractivity contribution < 1.29 is 19.1 Å². The van der Waals surface area contributed by atoms with Gasteiger partial charge in [-0.25, -0.2) is 0 Å². The highest BCUT2D eigenvalue weighted by molar-refractivity contribution is 6.35. The fourth-order valence-electron chi connectivity index (χ4n) is 3.56. The number of esters is 1. The zero-order valence-electron chi connectivity index (χ0n) is 20.3. The number of rotatable bonds is 11. The summed E-state index contributed by atoms with van der Waals surface area (Å²) in [5.41, 5.74) is 4.48. The molecule has 0 fully saturated rings. The van der Waals surface area contributed by atoms with Gasteiger partial charge in [-0.3, -0.25) is 14.4 Å². The highest BCUT2D eigenvalue weighted by Gasteiger charge is 2.15. The van der Waals surface area contributed by atoms with Gasteiger partial charge >= 0.3 is 5.97 Å². The van der Waals surface area contributed by atoms with Crippen LogP contribution in [0.5, 0.6) is 0 Å². The van der Waals surface area contributed by atoms with Crippen LogP contribution in [0, 0.1) is 6.92 Å². The molecule has 0 unspecified atom stereocenters. The Kier molecular flexibility index (Phi) is 9.83. The maximum atomic E-state index is 12.9. The molecule has 3 aromatic rings. The van der Waals surface area contributed by atoms with Crippen LogP contribution in [0.1, 0.15) is 46.8 Å². The first-order valence-corrected chi connectivity index (χ1v) is 12.1. The Morgan fingerprint density at radius 1 is 0.944 bits per heavy atom. The number of carbonyl (C=O) groups is 3. The molecule has 7 heteroatoms. The van der Waals surface area contributed by atoms with Gasteiger partial charge in [0.25, 0.3) is 0 Å². The molecular weight excluding hydrogens is 476 g/mol. The number of hydrogen-bond donors (Lipinski definition) is 2. The van der Waals surface area contributed by atoms with E-state index in [1.54, 1.807) is 25.1 Å². The molecule has 0 saturated carbocycles. The van der Waals surface area contributed by atoms with Crippen LogP contribution in [0.15, 0.2) is 72.8 Å². The van der Waals surface area contributed by atoms with Crippen molar-refractivity contribution >= 4 is 46.7 Å². The minimum absolute atomic E-state index is 0.0635. The van der Waals surface area contributed by atoms with E-state index < -0.39 is 0 Å². The SMILES string of the molecule is CCOC(=O)CCC(=O)NC/C=C/c1ccccc1Nc1ccc(C(=O)c2ccccc2C)c(Cl)c1. The maximum Gasteiger partial charge on any atom is 0.306 e. The normalized spacial score (nSPS) is 10.8. The van der Waals surface area contributed by atoms with Crippen molar-refractivity contribution in [3.63, 3.8) is 0 Å². The van der Waals surface area contributed by atoms with Crippen molar-refractivity contribution in [1.82, 2.24) is 5.32 Å². The number of halogens is 1. The van der Waals surface area contributed by atoms with E-state index in [1.165, 1.54) is 0 Å². The van der Waals surface area contributed by atoms with Crippen LogP contribution >= 0.6 is 11.6 Å². The molecule has 0 atom stereocenters. The first kappa shape index (κ1) is 26.7. The summed E-state index contributed by atoms with van der Waals surface area (Å²) in [5.74, 6) is -0.706. The summed E-state index contributed by atoms with van der Waals surface area (Å²) in [6.07, 6.45) is 3.88. The van der Waals surface area contributed by atoms with Gasteiger partial charge in [0, 0.05) is 35.5 Å². The molecule has 3 rings (SSSR count). The highest BCUT2D eigenvalue weighted by Crippen LogP contribution is 2.28. The number of amides is 1. The van der Waals surface area contributed by atoms with Gasteiger partial charge in [-0.05, 0) is 49.2 Å². The number of benzene rings is 3. The predicted molar refractivity (Wildman–Crippen MR) is 144 cm³/mol. The molecule has 0 bridgehead atoms. The molecule has 0 aliphatic heterocycles. The lowest BCUT2D eigenvalue weighted by atomic mass is 9.99. The molecule has 36 heavy (non-hydrogen) atoms. The van der Waals surface area contributed by atoms with Crippen molar-refractivity contribution in [2.45, 2.75) is 26.7 Å². The third kappa shape index (κ3) is 7.55. The molecule has 0 spiro atoms. The number of carbonyl (C=O) groups excluding carboxylic acids is 3. The smallest absolute Gasteiger partial charge is 0.306 e. The maximum absolute atomic E-state index is 12.9. The van der Waals surface area contributed by atoms with E-state index in [-0.39, 0.29) is 30.5 Å². The molecule has 0 aliphatic carbocycles. The van der Waals surface area contributed by atoms with Gasteiger partial charge in [-0.2, -0.15) is 0 Å². The van der Waals surface area contributed by atoms with Gasteiger partial charge in [-0.15, -0.1) is 0 Å². The van der Waals surface area contributed by atoms with Gasteiger partial charge in [0.05, 0.1) is 18.1 Å². The quantitative estimate of drug-likeness (QED) is 0.243.